The van der Waals surface area contributed by atoms with Crippen LogP contribution in [-0.4, -0.2) is 29.2 Å². The quantitative estimate of drug-likeness (QED) is 0.619. The molecule has 1 N–H and O–H groups in total. The maximum atomic E-state index is 12.5. The molecular weight excluding hydrogens is 390 g/mol. The highest BCUT2D eigenvalue weighted by atomic mass is 32.1. The minimum absolute atomic E-state index is 0.00809. The molecule has 28 heavy (non-hydrogen) atoms. The van der Waals surface area contributed by atoms with E-state index in [1.165, 1.54) is 18.2 Å². The standard InChI is InChI=1S/C19H16F2N2O4S/c1-3-26-18(25)15-10(2)14-16(24)22-13(23-17(14)28-15)9-8-11-6-4-5-7-12(11)27-19(20)21/h4-9,19H,3H2,1-2H3,(H,22,23,24)/b9-8+. The molecule has 0 saturated heterocycles. The van der Waals surface area contributed by atoms with E-state index in [0.29, 0.717) is 26.2 Å². The van der Waals surface area contributed by atoms with Crippen molar-refractivity contribution in [3.8, 4) is 5.75 Å². The van der Waals surface area contributed by atoms with E-state index in [9.17, 15) is 18.4 Å². The molecule has 0 aliphatic rings. The van der Waals surface area contributed by atoms with Gasteiger partial charge in [-0.25, -0.2) is 9.78 Å². The smallest absolute Gasteiger partial charge is 0.387 e. The highest BCUT2D eigenvalue weighted by molar-refractivity contribution is 7.20. The van der Waals surface area contributed by atoms with Gasteiger partial charge >= 0.3 is 12.6 Å². The average Bonchev–Trinajstić information content (AvgIpc) is 2.98. The van der Waals surface area contributed by atoms with Crippen LogP contribution >= 0.6 is 11.3 Å². The molecule has 2 heterocycles. The molecular formula is C19H16F2N2O4S. The van der Waals surface area contributed by atoms with Gasteiger partial charge in [0.25, 0.3) is 5.56 Å². The summed E-state index contributed by atoms with van der Waals surface area (Å²) in [5, 5.41) is 0.326. The number of carbonyl (C=O) groups excluding carboxylic acids is 1. The molecule has 0 unspecified atom stereocenters. The number of hydrogen-bond donors (Lipinski definition) is 1. The zero-order valence-electron chi connectivity index (χ0n) is 15.0. The lowest BCUT2D eigenvalue weighted by atomic mass is 10.2. The van der Waals surface area contributed by atoms with Crippen LogP contribution in [0, 0.1) is 6.92 Å². The number of nitrogens with one attached hydrogen (secondary N) is 1. The van der Waals surface area contributed by atoms with Crippen LogP contribution in [-0.2, 0) is 4.74 Å². The first-order valence-corrected chi connectivity index (χ1v) is 9.14. The molecule has 0 fully saturated rings. The number of aryl methyl sites for hydroxylation is 1. The van der Waals surface area contributed by atoms with Gasteiger partial charge in [0.15, 0.2) is 0 Å². The Labute approximate surface area is 162 Å². The third-order valence-electron chi connectivity index (χ3n) is 3.84. The van der Waals surface area contributed by atoms with Crippen molar-refractivity contribution in [3.63, 3.8) is 0 Å². The van der Waals surface area contributed by atoms with E-state index in [0.717, 1.165) is 11.3 Å². The monoisotopic (exact) mass is 406 g/mol. The minimum atomic E-state index is -2.95. The second-order valence-corrected chi connectivity index (χ2v) is 6.66. The number of nitrogens with zero attached hydrogens (tertiary/aromatic N) is 1. The third kappa shape index (κ3) is 4.09. The highest BCUT2D eigenvalue weighted by Gasteiger charge is 2.19. The molecule has 3 rings (SSSR count). The van der Waals surface area contributed by atoms with Crippen molar-refractivity contribution < 1.29 is 23.0 Å². The lowest BCUT2D eigenvalue weighted by Gasteiger charge is -2.07. The summed E-state index contributed by atoms with van der Waals surface area (Å²) in [6.07, 6.45) is 2.99. The van der Waals surface area contributed by atoms with Crippen LogP contribution in [0.15, 0.2) is 29.1 Å². The van der Waals surface area contributed by atoms with Crippen LogP contribution in [0.3, 0.4) is 0 Å². The van der Waals surface area contributed by atoms with Crippen LogP contribution < -0.4 is 10.3 Å². The van der Waals surface area contributed by atoms with E-state index in [2.05, 4.69) is 14.7 Å². The molecule has 146 valence electrons. The van der Waals surface area contributed by atoms with Crippen molar-refractivity contribution in [2.75, 3.05) is 6.61 Å². The minimum Gasteiger partial charge on any atom is -0.462 e. The van der Waals surface area contributed by atoms with Crippen molar-refractivity contribution in [1.82, 2.24) is 9.97 Å². The number of fused-ring (bicyclic) bond motifs is 1. The van der Waals surface area contributed by atoms with Gasteiger partial charge in [-0.3, -0.25) is 4.79 Å². The molecule has 3 aromatic rings. The molecule has 1 aromatic carbocycles. The highest BCUT2D eigenvalue weighted by Crippen LogP contribution is 2.28. The molecule has 0 atom stereocenters. The van der Waals surface area contributed by atoms with Gasteiger partial charge in [0.05, 0.1) is 12.0 Å². The predicted molar refractivity (Wildman–Crippen MR) is 103 cm³/mol. The molecule has 2 aromatic heterocycles. The summed E-state index contributed by atoms with van der Waals surface area (Å²) in [5.74, 6) is -0.271. The van der Waals surface area contributed by atoms with E-state index < -0.39 is 18.1 Å². The zero-order valence-corrected chi connectivity index (χ0v) is 15.8. The van der Waals surface area contributed by atoms with Crippen LogP contribution in [0.5, 0.6) is 5.75 Å². The first kappa shape index (κ1) is 19.7. The molecule has 0 amide bonds. The number of aromatic nitrogens is 2. The molecule has 9 heteroatoms. The fraction of sp³-hybridized carbons (Fsp3) is 0.211. The Morgan fingerprint density at radius 3 is 2.79 bits per heavy atom. The van der Waals surface area contributed by atoms with Crippen LogP contribution in [0.25, 0.3) is 22.4 Å². The van der Waals surface area contributed by atoms with Gasteiger partial charge in [-0.05, 0) is 37.6 Å². The van der Waals surface area contributed by atoms with Gasteiger partial charge in [0, 0.05) is 5.56 Å². The second kappa shape index (κ2) is 8.30. The Morgan fingerprint density at radius 1 is 1.32 bits per heavy atom. The summed E-state index contributed by atoms with van der Waals surface area (Å²) < 4.78 is 34.5. The summed E-state index contributed by atoms with van der Waals surface area (Å²) in [6.45, 7) is 0.642. The number of rotatable bonds is 6. The molecule has 0 radical (unpaired) electrons. The Kier molecular flexibility index (Phi) is 5.84. The number of benzene rings is 1. The number of alkyl halides is 2. The van der Waals surface area contributed by atoms with Crippen molar-refractivity contribution in [1.29, 1.82) is 0 Å². The number of para-hydroxylation sites is 1. The average molecular weight is 406 g/mol. The fourth-order valence-electron chi connectivity index (χ4n) is 2.62. The van der Waals surface area contributed by atoms with Crippen molar-refractivity contribution >= 4 is 39.7 Å². The van der Waals surface area contributed by atoms with E-state index in [-0.39, 0.29) is 18.2 Å². The van der Waals surface area contributed by atoms with E-state index in [4.69, 9.17) is 4.74 Å². The van der Waals surface area contributed by atoms with Crippen LogP contribution in [0.2, 0.25) is 0 Å². The number of thiophene rings is 1. The van der Waals surface area contributed by atoms with Gasteiger partial charge in [0.2, 0.25) is 0 Å². The lowest BCUT2D eigenvalue weighted by molar-refractivity contribution is -0.0499. The predicted octanol–water partition coefficient (Wildman–Crippen LogP) is 4.24. The molecule has 0 saturated carbocycles. The molecule has 6 nitrogen and oxygen atoms in total. The zero-order chi connectivity index (χ0) is 20.3. The number of halogens is 2. The van der Waals surface area contributed by atoms with Crippen molar-refractivity contribution in [2.45, 2.75) is 20.5 Å². The number of carbonyl (C=O) groups is 1. The Bertz CT molecular complexity index is 1100. The van der Waals surface area contributed by atoms with Crippen LogP contribution in [0.1, 0.15) is 33.5 Å². The number of esters is 1. The Balaban J connectivity index is 1.98. The lowest BCUT2D eigenvalue weighted by Crippen LogP contribution is -2.10. The van der Waals surface area contributed by atoms with Crippen LogP contribution in [0.4, 0.5) is 8.78 Å². The Morgan fingerprint density at radius 2 is 2.07 bits per heavy atom. The summed E-state index contributed by atoms with van der Waals surface area (Å²) in [5.41, 5.74) is 0.518. The first-order chi connectivity index (χ1) is 13.4. The second-order valence-electron chi connectivity index (χ2n) is 5.66. The molecule has 0 bridgehead atoms. The van der Waals surface area contributed by atoms with Gasteiger partial charge in [-0.1, -0.05) is 18.2 Å². The molecule has 0 aliphatic carbocycles. The summed E-state index contributed by atoms with van der Waals surface area (Å²) in [6, 6.07) is 6.26. The van der Waals surface area contributed by atoms with Gasteiger partial charge in [0.1, 0.15) is 21.3 Å². The largest absolute Gasteiger partial charge is 0.462 e. The summed E-state index contributed by atoms with van der Waals surface area (Å²) in [7, 11) is 0. The SMILES string of the molecule is CCOC(=O)c1sc2nc(/C=C/c3ccccc3OC(F)F)[nH]c(=O)c2c1C. The van der Waals surface area contributed by atoms with E-state index in [1.807, 2.05) is 0 Å². The summed E-state index contributed by atoms with van der Waals surface area (Å²) in [4.78, 5) is 32.1. The Hall–Kier alpha value is -3.07. The molecule has 0 aliphatic heterocycles. The van der Waals surface area contributed by atoms with Gasteiger partial charge in [-0.2, -0.15) is 8.78 Å². The maximum absolute atomic E-state index is 12.5. The third-order valence-corrected chi connectivity index (χ3v) is 5.00. The number of aromatic amines is 1. The first-order valence-electron chi connectivity index (χ1n) is 8.33. The molecule has 0 spiro atoms. The van der Waals surface area contributed by atoms with Gasteiger partial charge in [-0.15, -0.1) is 11.3 Å². The number of ether oxygens (including phenoxy) is 2. The maximum Gasteiger partial charge on any atom is 0.387 e. The van der Waals surface area contributed by atoms with Crippen molar-refractivity contribution in [3.05, 3.63) is 56.4 Å². The topological polar surface area (TPSA) is 81.3 Å². The van der Waals surface area contributed by atoms with Crippen molar-refractivity contribution in [2.24, 2.45) is 0 Å². The van der Waals surface area contributed by atoms with E-state index >= 15 is 0 Å². The van der Waals surface area contributed by atoms with Gasteiger partial charge < -0.3 is 14.5 Å². The number of H-pyrrole nitrogens is 1. The van der Waals surface area contributed by atoms with E-state index in [1.54, 1.807) is 32.0 Å². The normalized spacial score (nSPS) is 11.5. The summed E-state index contributed by atoms with van der Waals surface area (Å²) >= 11 is 1.07. The number of hydrogen-bond acceptors (Lipinski definition) is 6. The fourth-order valence-corrected chi connectivity index (χ4v) is 3.70.